The van der Waals surface area contributed by atoms with Crippen LogP contribution < -0.4 is 11.1 Å². The van der Waals surface area contributed by atoms with E-state index in [9.17, 15) is 9.59 Å². The first-order valence-corrected chi connectivity index (χ1v) is 7.85. The highest BCUT2D eigenvalue weighted by Crippen LogP contribution is 2.18. The molecular weight excluding hydrogens is 352 g/mol. The summed E-state index contributed by atoms with van der Waals surface area (Å²) in [6.45, 7) is 0.954. The highest BCUT2D eigenvalue weighted by molar-refractivity contribution is 6.31. The number of hydrogen-bond acceptors (Lipinski definition) is 7. The number of amides is 1. The number of rotatable bonds is 7. The van der Waals surface area contributed by atoms with Crippen molar-refractivity contribution in [3.63, 3.8) is 0 Å². The monoisotopic (exact) mass is 366 g/mol. The highest BCUT2D eigenvalue weighted by Gasteiger charge is 2.17. The molecule has 2 heterocycles. The van der Waals surface area contributed by atoms with Crippen LogP contribution in [-0.2, 0) is 11.3 Å². The minimum Gasteiger partial charge on any atom is -0.408 e. The van der Waals surface area contributed by atoms with Gasteiger partial charge in [0, 0.05) is 25.3 Å². The maximum Gasteiger partial charge on any atom is 0.420 e. The number of carbonyl (C=O) groups is 1. The van der Waals surface area contributed by atoms with Gasteiger partial charge in [-0.25, -0.2) is 4.79 Å². The zero-order valence-corrected chi connectivity index (χ0v) is 14.1. The van der Waals surface area contributed by atoms with Gasteiger partial charge < -0.3 is 19.0 Å². The van der Waals surface area contributed by atoms with Crippen LogP contribution in [0.4, 0.5) is 0 Å². The van der Waals surface area contributed by atoms with Crippen LogP contribution in [-0.4, -0.2) is 40.9 Å². The number of methoxy groups -OCH3 is 1. The second kappa shape index (κ2) is 7.49. The number of aromatic nitrogens is 3. The minimum absolute atomic E-state index is 0.00731. The summed E-state index contributed by atoms with van der Waals surface area (Å²) in [5.41, 5.74) is 0.905. The average molecular weight is 367 g/mol. The Morgan fingerprint density at radius 1 is 1.44 bits per heavy atom. The van der Waals surface area contributed by atoms with Crippen LogP contribution >= 0.6 is 11.6 Å². The van der Waals surface area contributed by atoms with Crippen LogP contribution in [0.3, 0.4) is 0 Å². The van der Waals surface area contributed by atoms with Gasteiger partial charge in [0.15, 0.2) is 11.4 Å². The Hall–Kier alpha value is -2.65. The van der Waals surface area contributed by atoms with Gasteiger partial charge >= 0.3 is 17.6 Å². The van der Waals surface area contributed by atoms with E-state index in [-0.39, 0.29) is 18.3 Å². The molecule has 0 bridgehead atoms. The smallest absolute Gasteiger partial charge is 0.408 e. The Bertz CT molecular complexity index is 945. The van der Waals surface area contributed by atoms with Crippen LogP contribution in [0.2, 0.25) is 5.02 Å². The summed E-state index contributed by atoms with van der Waals surface area (Å²) in [6, 6.07) is 4.83. The van der Waals surface area contributed by atoms with Crippen molar-refractivity contribution in [1.29, 1.82) is 0 Å². The molecule has 1 amide bonds. The van der Waals surface area contributed by atoms with Crippen molar-refractivity contribution in [2.24, 2.45) is 0 Å². The summed E-state index contributed by atoms with van der Waals surface area (Å²) in [4.78, 5) is 27.9. The SMILES string of the molecule is COCCCNC(=O)c1nc(Cn2c(=O)oc3ccc(Cl)cc32)no1. The topological polar surface area (TPSA) is 112 Å². The lowest BCUT2D eigenvalue weighted by atomic mass is 10.3. The minimum atomic E-state index is -0.576. The van der Waals surface area contributed by atoms with Crippen LogP contribution in [0.15, 0.2) is 31.9 Å². The maximum atomic E-state index is 12.0. The number of fused-ring (bicyclic) bond motifs is 1. The van der Waals surface area contributed by atoms with E-state index in [2.05, 4.69) is 15.5 Å². The van der Waals surface area contributed by atoms with Crippen molar-refractivity contribution < 1.29 is 18.5 Å². The standard InChI is InChI=1S/C15H15ClN4O5/c1-23-6-2-5-17-13(21)14-18-12(19-25-14)8-20-10-7-9(16)3-4-11(10)24-15(20)22/h3-4,7H,2,5-6,8H2,1H3,(H,17,21). The molecular formula is C15H15ClN4O5. The summed E-state index contributed by atoms with van der Waals surface area (Å²) in [5.74, 6) is -1.06. The van der Waals surface area contributed by atoms with Gasteiger partial charge in [-0.15, -0.1) is 0 Å². The molecule has 1 aromatic carbocycles. The van der Waals surface area contributed by atoms with Crippen molar-refractivity contribution in [2.75, 3.05) is 20.3 Å². The van der Waals surface area contributed by atoms with Crippen LogP contribution in [0.1, 0.15) is 22.9 Å². The van der Waals surface area contributed by atoms with Gasteiger partial charge in [-0.1, -0.05) is 16.8 Å². The van der Waals surface area contributed by atoms with Gasteiger partial charge in [0.05, 0.1) is 12.1 Å². The quantitative estimate of drug-likeness (QED) is 0.629. The van der Waals surface area contributed by atoms with Crippen molar-refractivity contribution in [3.05, 3.63) is 45.5 Å². The van der Waals surface area contributed by atoms with Crippen molar-refractivity contribution in [2.45, 2.75) is 13.0 Å². The molecule has 0 aliphatic rings. The second-order valence-electron chi connectivity index (χ2n) is 5.18. The molecule has 10 heteroatoms. The Balaban J connectivity index is 1.74. The van der Waals surface area contributed by atoms with Crippen molar-refractivity contribution >= 4 is 28.6 Å². The lowest BCUT2D eigenvalue weighted by Crippen LogP contribution is -2.25. The lowest BCUT2D eigenvalue weighted by molar-refractivity contribution is 0.0905. The first-order chi connectivity index (χ1) is 12.1. The zero-order chi connectivity index (χ0) is 17.8. The third-order valence-electron chi connectivity index (χ3n) is 3.40. The number of nitrogens with zero attached hydrogens (tertiary/aromatic N) is 3. The molecule has 0 aliphatic carbocycles. The number of halogens is 1. The first kappa shape index (κ1) is 17.2. The molecule has 3 rings (SSSR count). The summed E-state index contributed by atoms with van der Waals surface area (Å²) in [5, 5.41) is 6.82. The highest BCUT2D eigenvalue weighted by atomic mass is 35.5. The predicted molar refractivity (Wildman–Crippen MR) is 87.7 cm³/mol. The molecule has 0 aliphatic heterocycles. The van der Waals surface area contributed by atoms with Gasteiger partial charge in [0.2, 0.25) is 0 Å². The third kappa shape index (κ3) is 3.89. The van der Waals surface area contributed by atoms with Gasteiger partial charge in [-0.3, -0.25) is 9.36 Å². The van der Waals surface area contributed by atoms with Crippen LogP contribution in [0, 0.1) is 0 Å². The van der Waals surface area contributed by atoms with E-state index in [0.29, 0.717) is 35.7 Å². The third-order valence-corrected chi connectivity index (χ3v) is 3.64. The fourth-order valence-electron chi connectivity index (χ4n) is 2.23. The predicted octanol–water partition coefficient (Wildman–Crippen LogP) is 1.45. The van der Waals surface area contributed by atoms with Crippen LogP contribution in [0.25, 0.3) is 11.1 Å². The maximum absolute atomic E-state index is 12.0. The summed E-state index contributed by atoms with van der Waals surface area (Å²) >= 11 is 5.95. The van der Waals surface area contributed by atoms with E-state index in [4.69, 9.17) is 25.3 Å². The zero-order valence-electron chi connectivity index (χ0n) is 13.3. The molecule has 0 radical (unpaired) electrons. The first-order valence-electron chi connectivity index (χ1n) is 7.47. The Morgan fingerprint density at radius 3 is 3.08 bits per heavy atom. The number of ether oxygens (including phenoxy) is 1. The summed E-state index contributed by atoms with van der Waals surface area (Å²) < 4.78 is 16.3. The number of nitrogens with one attached hydrogen (secondary N) is 1. The van der Waals surface area contributed by atoms with E-state index >= 15 is 0 Å². The number of hydrogen-bond donors (Lipinski definition) is 1. The van der Waals surface area contributed by atoms with Gasteiger partial charge in [0.1, 0.15) is 0 Å². The molecule has 1 N–H and O–H groups in total. The van der Waals surface area contributed by atoms with Gasteiger partial charge in [0.25, 0.3) is 0 Å². The summed E-state index contributed by atoms with van der Waals surface area (Å²) in [6.07, 6.45) is 0.667. The molecule has 0 fully saturated rings. The summed E-state index contributed by atoms with van der Waals surface area (Å²) in [7, 11) is 1.58. The number of benzene rings is 1. The van der Waals surface area contributed by atoms with E-state index in [1.807, 2.05) is 0 Å². The second-order valence-corrected chi connectivity index (χ2v) is 5.62. The molecule has 9 nitrogen and oxygen atoms in total. The van der Waals surface area contributed by atoms with E-state index in [0.717, 1.165) is 0 Å². The molecule has 0 saturated heterocycles. The van der Waals surface area contributed by atoms with Crippen LogP contribution in [0.5, 0.6) is 0 Å². The number of carbonyl (C=O) groups excluding carboxylic acids is 1. The Morgan fingerprint density at radius 2 is 2.28 bits per heavy atom. The molecule has 0 spiro atoms. The Kier molecular flexibility index (Phi) is 5.15. The average Bonchev–Trinajstić information content (AvgIpc) is 3.17. The number of oxazole rings is 1. The Labute approximate surface area is 146 Å². The van der Waals surface area contributed by atoms with Gasteiger partial charge in [-0.05, 0) is 24.6 Å². The molecule has 132 valence electrons. The molecule has 2 aromatic heterocycles. The fraction of sp³-hybridized carbons (Fsp3) is 0.333. The van der Waals surface area contributed by atoms with E-state index < -0.39 is 11.7 Å². The van der Waals surface area contributed by atoms with E-state index in [1.54, 1.807) is 25.3 Å². The molecule has 0 unspecified atom stereocenters. The van der Waals surface area contributed by atoms with Gasteiger partial charge in [-0.2, -0.15) is 4.98 Å². The normalized spacial score (nSPS) is 11.1. The lowest BCUT2D eigenvalue weighted by Gasteiger charge is -2.00. The molecule has 0 saturated carbocycles. The molecule has 0 atom stereocenters. The fourth-order valence-corrected chi connectivity index (χ4v) is 2.40. The molecule has 25 heavy (non-hydrogen) atoms. The van der Waals surface area contributed by atoms with E-state index in [1.165, 1.54) is 4.57 Å². The largest absolute Gasteiger partial charge is 0.420 e. The van der Waals surface area contributed by atoms with Crippen molar-refractivity contribution in [1.82, 2.24) is 20.0 Å². The van der Waals surface area contributed by atoms with Crippen molar-refractivity contribution in [3.8, 4) is 0 Å². The molecule has 3 aromatic rings.